The van der Waals surface area contributed by atoms with Crippen LogP contribution in [0, 0.1) is 5.92 Å². The van der Waals surface area contributed by atoms with Gasteiger partial charge in [-0.25, -0.2) is 12.1 Å². The van der Waals surface area contributed by atoms with E-state index in [0.29, 0.717) is 0 Å². The van der Waals surface area contributed by atoms with Crippen LogP contribution in [0.15, 0.2) is 24.3 Å². The number of hydrogen-bond donors (Lipinski definition) is 3. The first-order chi connectivity index (χ1) is 9.48. The van der Waals surface area contributed by atoms with Gasteiger partial charge in [-0.05, 0) is 41.5 Å². The van der Waals surface area contributed by atoms with Crippen molar-refractivity contribution >= 4 is 0 Å². The smallest absolute Gasteiger partial charge is 0.0483 e. The maximum atomic E-state index is 8.06. The molecule has 0 atom stereocenters. The molecule has 0 fully saturated rings. The molecule has 0 heterocycles. The van der Waals surface area contributed by atoms with Crippen LogP contribution in [0.4, 0.5) is 0 Å². The molecule has 4 heteroatoms. The molecule has 132 valence electrons. The summed E-state index contributed by atoms with van der Waals surface area (Å²) in [6, 6.07) is 8.55. The topological polar surface area (TPSA) is 60.7 Å². The maximum Gasteiger partial charge on any atom is 0.0483 e. The second kappa shape index (κ2) is 21.1. The largest absolute Gasteiger partial charge is 0.394 e. The quantitative estimate of drug-likeness (QED) is 0.447. The Hall–Kier alpha value is 0.100. The Bertz CT molecular complexity index is 245. The van der Waals surface area contributed by atoms with Crippen LogP contribution >= 0.6 is 0 Å². The molecule has 3 N–H and O–H groups in total. The van der Waals surface area contributed by atoms with Gasteiger partial charge in [-0.15, -0.1) is 0 Å². The van der Waals surface area contributed by atoms with Gasteiger partial charge < -0.3 is 15.3 Å². The van der Waals surface area contributed by atoms with E-state index in [1.54, 1.807) is 41.5 Å². The van der Waals surface area contributed by atoms with Crippen molar-refractivity contribution in [3.05, 3.63) is 29.8 Å². The summed E-state index contributed by atoms with van der Waals surface area (Å²) in [5.74, 6) is 0.785. The molecular weight excluding hydrogens is 443 g/mol. The van der Waals surface area contributed by atoms with Gasteiger partial charge in [0.1, 0.15) is 0 Å². The molecule has 0 bridgehead atoms. The molecule has 0 radical (unpaired) electrons. The number of aliphatic hydroxyl groups is 3. The van der Waals surface area contributed by atoms with E-state index in [2.05, 4.69) is 38.1 Å². The van der Waals surface area contributed by atoms with Gasteiger partial charge >= 0.3 is 0 Å². The third-order valence-corrected chi connectivity index (χ3v) is 1.38. The molecule has 0 unspecified atom stereocenters. The molecular formula is C18H37HfO3-. The zero-order valence-corrected chi connectivity index (χ0v) is 19.3. The van der Waals surface area contributed by atoms with E-state index >= 15 is 0 Å². The van der Waals surface area contributed by atoms with Gasteiger partial charge in [0.15, 0.2) is 0 Å². The molecule has 1 rings (SSSR count). The summed E-state index contributed by atoms with van der Waals surface area (Å²) in [7, 11) is 0. The van der Waals surface area contributed by atoms with E-state index in [9.17, 15) is 0 Å². The van der Waals surface area contributed by atoms with E-state index < -0.39 is 0 Å². The Kier molecular flexibility index (Phi) is 28.8. The van der Waals surface area contributed by atoms with Crippen molar-refractivity contribution in [1.29, 1.82) is 0 Å². The standard InChI is InChI=1S/C9H13.3C3H8O.Hf/c1-8(2)7-9-5-3-4-6-9;3*1-3(2)4;/h3-6,8H,7H2,1-2H3;3*3-4H,1-2H3;/q-1;;;;. The number of aliphatic hydroxyl groups excluding tert-OH is 3. The Labute approximate surface area is 156 Å². The van der Waals surface area contributed by atoms with Crippen molar-refractivity contribution < 1.29 is 41.2 Å². The van der Waals surface area contributed by atoms with Gasteiger partial charge in [-0.3, -0.25) is 0 Å². The first kappa shape index (κ1) is 30.0. The van der Waals surface area contributed by atoms with Gasteiger partial charge in [0.25, 0.3) is 0 Å². The summed E-state index contributed by atoms with van der Waals surface area (Å²) in [6.45, 7) is 14.8. The molecule has 0 saturated heterocycles. The van der Waals surface area contributed by atoms with Crippen LogP contribution in [0.25, 0.3) is 0 Å². The Morgan fingerprint density at radius 2 is 0.909 bits per heavy atom. The third kappa shape index (κ3) is 59.5. The average molecular weight is 480 g/mol. The van der Waals surface area contributed by atoms with Gasteiger partial charge in [0.2, 0.25) is 0 Å². The number of hydrogen-bond acceptors (Lipinski definition) is 3. The average Bonchev–Trinajstić information content (AvgIpc) is 2.65. The molecule has 0 amide bonds. The summed E-state index contributed by atoms with van der Waals surface area (Å²) in [6.07, 6.45) is 0.715. The first-order valence-electron chi connectivity index (χ1n) is 7.73. The summed E-state index contributed by atoms with van der Waals surface area (Å²) < 4.78 is 0. The zero-order valence-electron chi connectivity index (χ0n) is 15.7. The van der Waals surface area contributed by atoms with Gasteiger partial charge in [0.05, 0.1) is 0 Å². The van der Waals surface area contributed by atoms with Crippen molar-refractivity contribution in [3.8, 4) is 0 Å². The van der Waals surface area contributed by atoms with E-state index in [1.165, 1.54) is 12.0 Å². The van der Waals surface area contributed by atoms with Crippen LogP contribution in [-0.4, -0.2) is 33.6 Å². The fraction of sp³-hybridized carbons (Fsp3) is 0.722. The number of rotatable bonds is 2. The van der Waals surface area contributed by atoms with Crippen LogP contribution in [-0.2, 0) is 32.3 Å². The first-order valence-corrected chi connectivity index (χ1v) is 7.73. The third-order valence-electron chi connectivity index (χ3n) is 1.38. The van der Waals surface area contributed by atoms with E-state index in [-0.39, 0.29) is 44.2 Å². The summed E-state index contributed by atoms with van der Waals surface area (Å²) >= 11 is 0. The van der Waals surface area contributed by atoms with Crippen molar-refractivity contribution in [2.45, 2.75) is 80.1 Å². The fourth-order valence-electron chi connectivity index (χ4n) is 1.02. The van der Waals surface area contributed by atoms with Crippen molar-refractivity contribution in [2.75, 3.05) is 0 Å². The van der Waals surface area contributed by atoms with Crippen LogP contribution in [0.1, 0.15) is 61.0 Å². The Morgan fingerprint density at radius 1 is 0.682 bits per heavy atom. The van der Waals surface area contributed by atoms with Gasteiger partial charge in [0, 0.05) is 44.2 Å². The van der Waals surface area contributed by atoms with Crippen LogP contribution in [0.3, 0.4) is 0 Å². The molecule has 0 aliphatic carbocycles. The van der Waals surface area contributed by atoms with Crippen molar-refractivity contribution in [2.24, 2.45) is 5.92 Å². The minimum Gasteiger partial charge on any atom is -0.394 e. The Balaban J connectivity index is -0.000000107. The SMILES string of the molecule is CC(C)C[c-]1cccc1.CC(C)O.CC(C)O.CC(C)O.[Hf]. The van der Waals surface area contributed by atoms with Crippen molar-refractivity contribution in [1.82, 2.24) is 0 Å². The molecule has 0 saturated carbocycles. The second-order valence-electron chi connectivity index (χ2n) is 6.17. The minimum absolute atomic E-state index is 0. The molecule has 0 spiro atoms. The van der Waals surface area contributed by atoms with Gasteiger partial charge in [-0.1, -0.05) is 26.2 Å². The summed E-state index contributed by atoms with van der Waals surface area (Å²) in [5, 5.41) is 24.2. The monoisotopic (exact) mass is 481 g/mol. The van der Waals surface area contributed by atoms with Crippen LogP contribution in [0.2, 0.25) is 0 Å². The molecule has 3 nitrogen and oxygen atoms in total. The molecule has 0 aliphatic heterocycles. The molecule has 0 aliphatic rings. The summed E-state index contributed by atoms with van der Waals surface area (Å²) in [4.78, 5) is 0. The molecule has 1 aromatic carbocycles. The normalized spacial score (nSPS) is 9.23. The van der Waals surface area contributed by atoms with Crippen LogP contribution in [0.5, 0.6) is 0 Å². The predicted molar refractivity (Wildman–Crippen MR) is 92.6 cm³/mol. The van der Waals surface area contributed by atoms with E-state index in [1.807, 2.05) is 0 Å². The van der Waals surface area contributed by atoms with Crippen molar-refractivity contribution in [3.63, 3.8) is 0 Å². The second-order valence-corrected chi connectivity index (χ2v) is 6.17. The minimum atomic E-state index is -0.167. The molecule has 0 aromatic heterocycles. The maximum absolute atomic E-state index is 8.06. The Morgan fingerprint density at radius 3 is 1.09 bits per heavy atom. The van der Waals surface area contributed by atoms with E-state index in [0.717, 1.165) is 5.92 Å². The predicted octanol–water partition coefficient (Wildman–Crippen LogP) is 3.76. The van der Waals surface area contributed by atoms with Crippen LogP contribution < -0.4 is 0 Å². The molecule has 1 aromatic rings. The van der Waals surface area contributed by atoms with E-state index in [4.69, 9.17) is 15.3 Å². The molecule has 22 heavy (non-hydrogen) atoms. The summed E-state index contributed by atoms with van der Waals surface area (Å²) in [5.41, 5.74) is 1.46. The zero-order chi connectivity index (χ0) is 17.4. The van der Waals surface area contributed by atoms with Gasteiger partial charge in [-0.2, -0.15) is 17.7 Å². The fourth-order valence-corrected chi connectivity index (χ4v) is 1.02.